The zero-order valence-electron chi connectivity index (χ0n) is 9.60. The Morgan fingerprint density at radius 2 is 2.19 bits per heavy atom. The summed E-state index contributed by atoms with van der Waals surface area (Å²) >= 11 is 5.26. The second kappa shape index (κ2) is 5.39. The third kappa shape index (κ3) is 3.01. The number of carboxylic acids is 1. The van der Waals surface area contributed by atoms with Crippen molar-refractivity contribution in [2.75, 3.05) is 6.54 Å². The number of carbonyl (C=O) groups is 2. The average molecular weight is 243 g/mol. The summed E-state index contributed by atoms with van der Waals surface area (Å²) in [4.78, 5) is 24.4. The second-order valence-corrected chi connectivity index (χ2v) is 4.75. The molecule has 90 valence electrons. The monoisotopic (exact) mass is 243 g/mol. The maximum Gasteiger partial charge on any atom is 0.326 e. The predicted molar refractivity (Wildman–Crippen MR) is 64.4 cm³/mol. The number of hydrogen-bond donors (Lipinski definition) is 1. The number of likely N-dealkylation sites (tertiary alicyclic amines) is 1. The number of carboxylic acid groups (broad SMARTS) is 1. The molecule has 5 heteroatoms. The van der Waals surface area contributed by atoms with Gasteiger partial charge in [-0.3, -0.25) is 0 Å². The van der Waals surface area contributed by atoms with Crippen LogP contribution in [0.5, 0.6) is 0 Å². The summed E-state index contributed by atoms with van der Waals surface area (Å²) in [7, 11) is 0. The van der Waals surface area contributed by atoms with Gasteiger partial charge in [0.25, 0.3) is 0 Å². The first-order chi connectivity index (χ1) is 7.43. The minimum atomic E-state index is -0.824. The number of aliphatic carboxylic acids is 1. The Morgan fingerprint density at radius 1 is 1.56 bits per heavy atom. The van der Waals surface area contributed by atoms with E-state index in [4.69, 9.17) is 17.3 Å². The lowest BCUT2D eigenvalue weighted by Gasteiger charge is -2.27. The zero-order chi connectivity index (χ0) is 12.3. The van der Waals surface area contributed by atoms with E-state index >= 15 is 0 Å². The van der Waals surface area contributed by atoms with Crippen molar-refractivity contribution >= 4 is 29.0 Å². The molecule has 1 unspecified atom stereocenters. The van der Waals surface area contributed by atoms with E-state index in [-0.39, 0.29) is 11.7 Å². The number of thiocarbonyl (C=S) groups is 1. The van der Waals surface area contributed by atoms with Crippen LogP contribution in [-0.4, -0.2) is 39.3 Å². The first kappa shape index (κ1) is 13.1. The Morgan fingerprint density at radius 3 is 2.69 bits per heavy atom. The van der Waals surface area contributed by atoms with Crippen LogP contribution in [0.15, 0.2) is 0 Å². The van der Waals surface area contributed by atoms with E-state index in [0.717, 1.165) is 6.42 Å². The Labute approximate surface area is 101 Å². The first-order valence-electron chi connectivity index (χ1n) is 5.46. The van der Waals surface area contributed by atoms with Crippen LogP contribution in [0.1, 0.15) is 33.1 Å². The smallest absolute Gasteiger partial charge is 0.326 e. The minimum absolute atomic E-state index is 0.0487. The van der Waals surface area contributed by atoms with Gasteiger partial charge in [0.2, 0.25) is 0 Å². The third-order valence-electron chi connectivity index (χ3n) is 2.84. The summed E-state index contributed by atoms with van der Waals surface area (Å²) in [6, 6.07) is -0.498. The van der Waals surface area contributed by atoms with Crippen LogP contribution in [0.2, 0.25) is 0 Å². The molecule has 0 spiro atoms. The van der Waals surface area contributed by atoms with E-state index in [9.17, 15) is 9.59 Å². The molecule has 1 aliphatic rings. The van der Waals surface area contributed by atoms with E-state index in [1.165, 1.54) is 6.92 Å². The van der Waals surface area contributed by atoms with Gasteiger partial charge in [0.15, 0.2) is 0 Å². The normalized spacial score (nSPS) is 21.9. The molecule has 1 rings (SSSR count). The van der Waals surface area contributed by atoms with Gasteiger partial charge in [-0.05, 0) is 19.8 Å². The second-order valence-electron chi connectivity index (χ2n) is 4.34. The van der Waals surface area contributed by atoms with Gasteiger partial charge in [-0.2, -0.15) is 0 Å². The van der Waals surface area contributed by atoms with Crippen LogP contribution < -0.4 is 0 Å². The van der Waals surface area contributed by atoms with Crippen molar-refractivity contribution in [2.24, 2.45) is 5.92 Å². The standard InChI is InChI=1S/C11H17NO3S/c1-7(6-8(2)13)10(16)12-5-3-4-9(12)11(14)15/h7,9H,3-6H2,1-2H3,(H,14,15)/t7?,9-/m0/s1. The molecular weight excluding hydrogens is 226 g/mol. The van der Waals surface area contributed by atoms with Crippen LogP contribution >= 0.6 is 12.2 Å². The lowest BCUT2D eigenvalue weighted by Crippen LogP contribution is -2.42. The quantitative estimate of drug-likeness (QED) is 0.758. The molecule has 16 heavy (non-hydrogen) atoms. The van der Waals surface area contributed by atoms with E-state index in [1.807, 2.05) is 6.92 Å². The third-order valence-corrected chi connectivity index (χ3v) is 3.47. The van der Waals surface area contributed by atoms with Gasteiger partial charge in [0.1, 0.15) is 11.8 Å². The van der Waals surface area contributed by atoms with Crippen LogP contribution in [0.3, 0.4) is 0 Å². The Bertz CT molecular complexity index is 316. The van der Waals surface area contributed by atoms with E-state index < -0.39 is 12.0 Å². The Hall–Kier alpha value is -0.970. The number of hydrogen-bond acceptors (Lipinski definition) is 3. The summed E-state index contributed by atoms with van der Waals surface area (Å²) in [5.74, 6) is -0.789. The molecule has 1 saturated heterocycles. The number of Topliss-reactive ketones (excluding diaryl/α,β-unsaturated/α-hetero) is 1. The minimum Gasteiger partial charge on any atom is -0.480 e. The number of carbonyl (C=O) groups excluding carboxylic acids is 1. The highest BCUT2D eigenvalue weighted by Gasteiger charge is 2.33. The van der Waals surface area contributed by atoms with Crippen LogP contribution in [0, 0.1) is 5.92 Å². The van der Waals surface area contributed by atoms with Crippen LogP contribution in [0.4, 0.5) is 0 Å². The molecule has 0 aromatic rings. The molecule has 0 bridgehead atoms. The number of nitrogens with zero attached hydrogens (tertiary/aromatic N) is 1. The molecule has 0 aliphatic carbocycles. The molecule has 0 aromatic heterocycles. The van der Waals surface area contributed by atoms with Gasteiger partial charge in [-0.1, -0.05) is 19.1 Å². The molecule has 1 N–H and O–H groups in total. The molecule has 0 radical (unpaired) electrons. The first-order valence-corrected chi connectivity index (χ1v) is 5.87. The summed E-state index contributed by atoms with van der Waals surface area (Å²) in [5, 5.41) is 9.03. The van der Waals surface area contributed by atoms with Crippen molar-refractivity contribution in [3.8, 4) is 0 Å². The van der Waals surface area contributed by atoms with Gasteiger partial charge in [-0.15, -0.1) is 0 Å². The lowest BCUT2D eigenvalue weighted by molar-refractivity contribution is -0.140. The number of ketones is 1. The van der Waals surface area contributed by atoms with E-state index in [1.54, 1.807) is 4.90 Å². The molecule has 1 heterocycles. The van der Waals surface area contributed by atoms with Gasteiger partial charge in [-0.25, -0.2) is 4.79 Å². The van der Waals surface area contributed by atoms with Gasteiger partial charge in [0, 0.05) is 18.9 Å². The fourth-order valence-corrected chi connectivity index (χ4v) is 2.39. The zero-order valence-corrected chi connectivity index (χ0v) is 10.4. The molecular formula is C11H17NO3S. The van der Waals surface area contributed by atoms with Crippen LogP contribution in [-0.2, 0) is 9.59 Å². The maximum atomic E-state index is 11.0. The van der Waals surface area contributed by atoms with Gasteiger partial charge in [0.05, 0.1) is 4.99 Å². The molecule has 2 atom stereocenters. The van der Waals surface area contributed by atoms with Crippen molar-refractivity contribution in [1.29, 1.82) is 0 Å². The maximum absolute atomic E-state index is 11.0. The fraction of sp³-hybridized carbons (Fsp3) is 0.727. The summed E-state index contributed by atoms with van der Waals surface area (Å²) in [6.07, 6.45) is 1.88. The fourth-order valence-electron chi connectivity index (χ4n) is 2.09. The highest BCUT2D eigenvalue weighted by molar-refractivity contribution is 7.80. The van der Waals surface area contributed by atoms with Crippen LogP contribution in [0.25, 0.3) is 0 Å². The summed E-state index contributed by atoms with van der Waals surface area (Å²) in [5.41, 5.74) is 0. The SMILES string of the molecule is CC(=O)CC(C)C(=S)N1CCC[C@H]1C(=O)O. The van der Waals surface area contributed by atoms with Crippen molar-refractivity contribution in [1.82, 2.24) is 4.90 Å². The highest BCUT2D eigenvalue weighted by Crippen LogP contribution is 2.22. The Balaban J connectivity index is 2.65. The molecule has 0 amide bonds. The predicted octanol–water partition coefficient (Wildman–Crippen LogP) is 1.48. The van der Waals surface area contributed by atoms with Crippen molar-refractivity contribution < 1.29 is 14.7 Å². The van der Waals surface area contributed by atoms with Crippen molar-refractivity contribution in [2.45, 2.75) is 39.2 Å². The summed E-state index contributed by atoms with van der Waals surface area (Å²) < 4.78 is 0. The van der Waals surface area contributed by atoms with Gasteiger partial charge >= 0.3 is 5.97 Å². The van der Waals surface area contributed by atoms with E-state index in [2.05, 4.69) is 0 Å². The Kier molecular flexibility index (Phi) is 4.41. The lowest BCUT2D eigenvalue weighted by atomic mass is 10.0. The van der Waals surface area contributed by atoms with E-state index in [0.29, 0.717) is 24.4 Å². The van der Waals surface area contributed by atoms with Crippen molar-refractivity contribution in [3.63, 3.8) is 0 Å². The molecule has 0 aromatic carbocycles. The van der Waals surface area contributed by atoms with Gasteiger partial charge < -0.3 is 14.8 Å². The molecule has 1 fully saturated rings. The molecule has 0 saturated carbocycles. The summed E-state index contributed by atoms with van der Waals surface area (Å²) in [6.45, 7) is 4.09. The molecule has 1 aliphatic heterocycles. The topological polar surface area (TPSA) is 57.6 Å². The van der Waals surface area contributed by atoms with Crippen molar-refractivity contribution in [3.05, 3.63) is 0 Å². The highest BCUT2D eigenvalue weighted by atomic mass is 32.1. The number of rotatable bonds is 4. The molecule has 4 nitrogen and oxygen atoms in total. The average Bonchev–Trinajstić information content (AvgIpc) is 2.63. The largest absolute Gasteiger partial charge is 0.480 e.